The Morgan fingerprint density at radius 2 is 2.08 bits per heavy atom. The van der Waals surface area contributed by atoms with Gasteiger partial charge in [0.2, 0.25) is 0 Å². The zero-order valence-corrected chi connectivity index (χ0v) is 13.9. The molecule has 3 saturated heterocycles. The molecule has 2 aromatic rings. The molecule has 5 rings (SSSR count). The number of carbonyl (C=O) groups is 1. The van der Waals surface area contributed by atoms with E-state index in [4.69, 9.17) is 4.74 Å². The number of aromatic nitrogens is 1. The summed E-state index contributed by atoms with van der Waals surface area (Å²) in [6.45, 7) is 3.35. The molecule has 0 saturated carbocycles. The second kappa shape index (κ2) is 6.32. The van der Waals surface area contributed by atoms with Gasteiger partial charge < -0.3 is 19.9 Å². The first-order valence-electron chi connectivity index (χ1n) is 8.59. The van der Waals surface area contributed by atoms with E-state index in [-0.39, 0.29) is 11.9 Å². The Bertz CT molecular complexity index is 732. The number of nitrogens with one attached hydrogen (secondary N) is 2. The number of hydrogen-bond donors (Lipinski definition) is 2. The van der Waals surface area contributed by atoms with Crippen molar-refractivity contribution in [1.82, 2.24) is 15.2 Å². The number of piperidine rings is 3. The Morgan fingerprint density at radius 1 is 1.25 bits per heavy atom. The Balaban J connectivity index is 1.47. The van der Waals surface area contributed by atoms with Gasteiger partial charge in [0.05, 0.1) is 7.11 Å². The van der Waals surface area contributed by atoms with Crippen LogP contribution in [-0.2, 0) is 0 Å². The van der Waals surface area contributed by atoms with Crippen LogP contribution in [0.1, 0.15) is 23.3 Å². The zero-order chi connectivity index (χ0) is 16.5. The van der Waals surface area contributed by atoms with E-state index in [9.17, 15) is 4.79 Å². The Hall–Kier alpha value is -2.27. The number of fused-ring (bicyclic) bond motifs is 3. The summed E-state index contributed by atoms with van der Waals surface area (Å²) in [7, 11) is 1.65. The summed E-state index contributed by atoms with van der Waals surface area (Å²) >= 11 is 0. The average Bonchev–Trinajstić information content (AvgIpc) is 3.13. The van der Waals surface area contributed by atoms with Crippen LogP contribution in [0.4, 0.5) is 0 Å². The predicted molar refractivity (Wildman–Crippen MR) is 93.2 cm³/mol. The highest BCUT2D eigenvalue weighted by molar-refractivity contribution is 5.93. The first-order valence-corrected chi connectivity index (χ1v) is 8.59. The van der Waals surface area contributed by atoms with Crippen LogP contribution in [0, 0.1) is 5.92 Å². The molecule has 24 heavy (non-hydrogen) atoms. The topological polar surface area (TPSA) is 57.4 Å². The van der Waals surface area contributed by atoms with Gasteiger partial charge in [-0.3, -0.25) is 4.79 Å². The van der Waals surface area contributed by atoms with Crippen LogP contribution in [0.3, 0.4) is 0 Å². The van der Waals surface area contributed by atoms with Gasteiger partial charge in [-0.1, -0.05) is 12.1 Å². The van der Waals surface area contributed by atoms with Crippen molar-refractivity contribution in [3.8, 4) is 17.0 Å². The van der Waals surface area contributed by atoms with Gasteiger partial charge >= 0.3 is 0 Å². The van der Waals surface area contributed by atoms with Crippen LogP contribution in [0.15, 0.2) is 36.4 Å². The minimum atomic E-state index is -0.0112. The number of carbonyl (C=O) groups excluding carboxylic acids is 1. The van der Waals surface area contributed by atoms with Gasteiger partial charge in [-0.05, 0) is 56.1 Å². The number of rotatable bonds is 4. The molecule has 2 bridgehead atoms. The molecular weight excluding hydrogens is 302 g/mol. The van der Waals surface area contributed by atoms with Crippen LogP contribution in [0.5, 0.6) is 5.75 Å². The number of H-pyrrole nitrogens is 1. The predicted octanol–water partition coefficient (Wildman–Crippen LogP) is 2.51. The van der Waals surface area contributed by atoms with Gasteiger partial charge in [-0.15, -0.1) is 0 Å². The summed E-state index contributed by atoms with van der Waals surface area (Å²) in [4.78, 5) is 18.3. The van der Waals surface area contributed by atoms with E-state index in [1.807, 2.05) is 36.4 Å². The number of methoxy groups -OCH3 is 1. The maximum atomic E-state index is 12.6. The van der Waals surface area contributed by atoms with Gasteiger partial charge in [0, 0.05) is 23.8 Å². The van der Waals surface area contributed by atoms with Crippen LogP contribution < -0.4 is 10.1 Å². The molecule has 0 aliphatic carbocycles. The van der Waals surface area contributed by atoms with Crippen molar-refractivity contribution in [3.63, 3.8) is 0 Å². The van der Waals surface area contributed by atoms with E-state index in [0.717, 1.165) is 23.6 Å². The molecule has 0 spiro atoms. The quantitative estimate of drug-likeness (QED) is 0.908. The number of amides is 1. The summed E-state index contributed by atoms with van der Waals surface area (Å²) < 4.78 is 5.26. The van der Waals surface area contributed by atoms with Crippen molar-refractivity contribution >= 4 is 5.91 Å². The smallest absolute Gasteiger partial charge is 0.267 e. The normalized spacial score (nSPS) is 25.5. The first kappa shape index (κ1) is 15.3. The van der Waals surface area contributed by atoms with Gasteiger partial charge in [0.1, 0.15) is 11.4 Å². The molecule has 2 N–H and O–H groups in total. The highest BCUT2D eigenvalue weighted by atomic mass is 16.5. The molecule has 126 valence electrons. The number of hydrogen-bond acceptors (Lipinski definition) is 3. The SMILES string of the molecule is COc1cccc(-c2ccc(C(=O)N[C@H]3CN4CCC3CC4)[nH]2)c1. The highest BCUT2D eigenvalue weighted by Gasteiger charge is 2.35. The van der Waals surface area contributed by atoms with Crippen LogP contribution in [-0.4, -0.2) is 48.6 Å². The van der Waals surface area contributed by atoms with Crippen LogP contribution in [0.25, 0.3) is 11.3 Å². The van der Waals surface area contributed by atoms with Crippen LogP contribution in [0.2, 0.25) is 0 Å². The van der Waals surface area contributed by atoms with Crippen molar-refractivity contribution in [3.05, 3.63) is 42.1 Å². The number of aromatic amines is 1. The highest BCUT2D eigenvalue weighted by Crippen LogP contribution is 2.28. The standard InChI is InChI=1S/C19H23N3O2/c1-24-15-4-2-3-14(11-15)16-5-6-17(20-16)19(23)21-18-12-22-9-7-13(18)8-10-22/h2-6,11,13,18,20H,7-10,12H2,1H3,(H,21,23)/t18-/m0/s1. The molecule has 0 radical (unpaired) electrons. The molecule has 3 fully saturated rings. The molecule has 0 unspecified atom stereocenters. The maximum Gasteiger partial charge on any atom is 0.267 e. The molecule has 3 aliphatic heterocycles. The number of benzene rings is 1. The second-order valence-corrected chi connectivity index (χ2v) is 6.74. The fourth-order valence-corrected chi connectivity index (χ4v) is 3.86. The minimum absolute atomic E-state index is 0.0112. The number of ether oxygens (including phenoxy) is 1. The third kappa shape index (κ3) is 2.91. The molecule has 4 heterocycles. The fourth-order valence-electron chi connectivity index (χ4n) is 3.86. The van der Waals surface area contributed by atoms with Crippen molar-refractivity contribution in [2.45, 2.75) is 18.9 Å². The summed E-state index contributed by atoms with van der Waals surface area (Å²) in [5.41, 5.74) is 2.55. The van der Waals surface area contributed by atoms with E-state index < -0.39 is 0 Å². The van der Waals surface area contributed by atoms with Crippen molar-refractivity contribution in [1.29, 1.82) is 0 Å². The van der Waals surface area contributed by atoms with E-state index in [1.165, 1.54) is 25.9 Å². The summed E-state index contributed by atoms with van der Waals surface area (Å²) in [6, 6.07) is 11.9. The first-order chi connectivity index (χ1) is 11.7. The van der Waals surface area contributed by atoms with E-state index in [1.54, 1.807) is 7.11 Å². The Morgan fingerprint density at radius 3 is 2.79 bits per heavy atom. The molecule has 5 nitrogen and oxygen atoms in total. The van der Waals surface area contributed by atoms with Crippen molar-refractivity contribution in [2.75, 3.05) is 26.7 Å². The molecule has 1 amide bonds. The van der Waals surface area contributed by atoms with E-state index >= 15 is 0 Å². The third-order valence-electron chi connectivity index (χ3n) is 5.28. The van der Waals surface area contributed by atoms with E-state index in [0.29, 0.717) is 11.6 Å². The lowest BCUT2D eigenvalue weighted by Crippen LogP contribution is -2.57. The molecular formula is C19H23N3O2. The lowest BCUT2D eigenvalue weighted by Gasteiger charge is -2.44. The Labute approximate surface area is 142 Å². The maximum absolute atomic E-state index is 12.6. The fraction of sp³-hybridized carbons (Fsp3) is 0.421. The second-order valence-electron chi connectivity index (χ2n) is 6.74. The van der Waals surface area contributed by atoms with Crippen molar-refractivity contribution in [2.24, 2.45) is 5.92 Å². The van der Waals surface area contributed by atoms with Gasteiger partial charge in [0.15, 0.2) is 0 Å². The number of nitrogens with zero attached hydrogens (tertiary/aromatic N) is 1. The lowest BCUT2D eigenvalue weighted by molar-refractivity contribution is 0.0618. The van der Waals surface area contributed by atoms with Gasteiger partial charge in [-0.2, -0.15) is 0 Å². The molecule has 1 aromatic heterocycles. The largest absolute Gasteiger partial charge is 0.497 e. The summed E-state index contributed by atoms with van der Waals surface area (Å²) in [5.74, 6) is 1.43. The summed E-state index contributed by atoms with van der Waals surface area (Å²) in [6.07, 6.45) is 2.40. The van der Waals surface area contributed by atoms with Gasteiger partial charge in [-0.25, -0.2) is 0 Å². The van der Waals surface area contributed by atoms with Crippen molar-refractivity contribution < 1.29 is 9.53 Å². The summed E-state index contributed by atoms with van der Waals surface area (Å²) in [5, 5.41) is 3.22. The minimum Gasteiger partial charge on any atom is -0.497 e. The monoisotopic (exact) mass is 325 g/mol. The molecule has 1 aromatic carbocycles. The third-order valence-corrected chi connectivity index (χ3v) is 5.28. The average molecular weight is 325 g/mol. The lowest BCUT2D eigenvalue weighted by atomic mass is 9.84. The van der Waals surface area contributed by atoms with Gasteiger partial charge in [0.25, 0.3) is 5.91 Å². The van der Waals surface area contributed by atoms with E-state index in [2.05, 4.69) is 15.2 Å². The molecule has 5 heteroatoms. The zero-order valence-electron chi connectivity index (χ0n) is 13.9. The van der Waals surface area contributed by atoms with Crippen LogP contribution >= 0.6 is 0 Å². The molecule has 3 aliphatic rings. The Kier molecular flexibility index (Phi) is 4.02. The molecule has 1 atom stereocenters.